The van der Waals surface area contributed by atoms with Gasteiger partial charge in [0, 0.05) is 12.6 Å². The molecule has 2 aromatic heterocycles. The van der Waals surface area contributed by atoms with Crippen molar-refractivity contribution in [3.63, 3.8) is 0 Å². The van der Waals surface area contributed by atoms with Gasteiger partial charge in [-0.2, -0.15) is 0 Å². The zero-order chi connectivity index (χ0) is 17.9. The Balaban J connectivity index is 2.23. The van der Waals surface area contributed by atoms with Crippen molar-refractivity contribution in [2.75, 3.05) is 6.61 Å². The molecule has 7 heteroatoms. The molecule has 2 N–H and O–H groups in total. The molecule has 1 atom stereocenters. The van der Waals surface area contributed by atoms with Gasteiger partial charge in [0.2, 0.25) is 0 Å². The van der Waals surface area contributed by atoms with E-state index in [1.54, 1.807) is 30.2 Å². The zero-order valence-electron chi connectivity index (χ0n) is 14.5. The van der Waals surface area contributed by atoms with Crippen molar-refractivity contribution in [2.45, 2.75) is 39.2 Å². The molecule has 24 heavy (non-hydrogen) atoms. The summed E-state index contributed by atoms with van der Waals surface area (Å²) in [4.78, 5) is 8.04. The van der Waals surface area contributed by atoms with E-state index in [4.69, 9.17) is 10.5 Å². The SMILES string of the molecule is CC(C)C[C@](C)(N)COc1ccc(-c2cncn2C)nc1C(F)F. The first-order chi connectivity index (χ1) is 11.2. The van der Waals surface area contributed by atoms with Gasteiger partial charge in [-0.05, 0) is 31.4 Å². The molecule has 0 saturated heterocycles. The summed E-state index contributed by atoms with van der Waals surface area (Å²) in [7, 11) is 1.78. The normalized spacial score (nSPS) is 14.2. The van der Waals surface area contributed by atoms with Gasteiger partial charge in [0.1, 0.15) is 18.1 Å². The summed E-state index contributed by atoms with van der Waals surface area (Å²) in [5.74, 6) is 0.458. The molecular formula is C17H24F2N4O. The van der Waals surface area contributed by atoms with Gasteiger partial charge in [0.25, 0.3) is 6.43 Å². The Labute approximate surface area is 140 Å². The van der Waals surface area contributed by atoms with E-state index >= 15 is 0 Å². The van der Waals surface area contributed by atoms with Crippen molar-refractivity contribution in [1.29, 1.82) is 0 Å². The lowest BCUT2D eigenvalue weighted by atomic mass is 9.93. The fourth-order valence-corrected chi connectivity index (χ4v) is 2.72. The summed E-state index contributed by atoms with van der Waals surface area (Å²) in [6.45, 7) is 6.12. The Morgan fingerprint density at radius 1 is 1.33 bits per heavy atom. The maximum Gasteiger partial charge on any atom is 0.284 e. The van der Waals surface area contributed by atoms with Crippen molar-refractivity contribution >= 4 is 0 Å². The Bertz CT molecular complexity index is 683. The third-order valence-electron chi connectivity index (χ3n) is 3.60. The first kappa shape index (κ1) is 18.3. The van der Waals surface area contributed by atoms with E-state index in [0.29, 0.717) is 17.3 Å². The van der Waals surface area contributed by atoms with Crippen molar-refractivity contribution in [1.82, 2.24) is 14.5 Å². The van der Waals surface area contributed by atoms with Gasteiger partial charge in [-0.3, -0.25) is 0 Å². The lowest BCUT2D eigenvalue weighted by Crippen LogP contribution is -2.43. The van der Waals surface area contributed by atoms with Gasteiger partial charge in [0.05, 0.1) is 23.9 Å². The summed E-state index contributed by atoms with van der Waals surface area (Å²) in [6, 6.07) is 3.16. The molecule has 0 aliphatic heterocycles. The van der Waals surface area contributed by atoms with Gasteiger partial charge in [-0.1, -0.05) is 13.8 Å². The minimum absolute atomic E-state index is 0.0661. The summed E-state index contributed by atoms with van der Waals surface area (Å²) < 4.78 is 34.1. The number of aryl methyl sites for hydroxylation is 1. The van der Waals surface area contributed by atoms with Crippen LogP contribution in [0.3, 0.4) is 0 Å². The van der Waals surface area contributed by atoms with E-state index in [1.165, 1.54) is 6.07 Å². The highest BCUT2D eigenvalue weighted by atomic mass is 19.3. The summed E-state index contributed by atoms with van der Waals surface area (Å²) in [6.07, 6.45) is 1.17. The van der Waals surface area contributed by atoms with Crippen LogP contribution >= 0.6 is 0 Å². The summed E-state index contributed by atoms with van der Waals surface area (Å²) in [5.41, 5.74) is 6.29. The molecule has 0 amide bonds. The number of nitrogens with two attached hydrogens (primary N) is 1. The fourth-order valence-electron chi connectivity index (χ4n) is 2.72. The quantitative estimate of drug-likeness (QED) is 0.838. The molecule has 0 bridgehead atoms. The third kappa shape index (κ3) is 4.50. The monoisotopic (exact) mass is 338 g/mol. The average Bonchev–Trinajstić information content (AvgIpc) is 2.90. The van der Waals surface area contributed by atoms with Gasteiger partial charge >= 0.3 is 0 Å². The van der Waals surface area contributed by atoms with Crippen LogP contribution in [0.15, 0.2) is 24.7 Å². The molecule has 0 saturated carbocycles. The number of aromatic nitrogens is 3. The Morgan fingerprint density at radius 3 is 2.58 bits per heavy atom. The number of imidazole rings is 1. The fraction of sp³-hybridized carbons (Fsp3) is 0.529. The van der Waals surface area contributed by atoms with Crippen molar-refractivity contribution in [2.24, 2.45) is 18.7 Å². The van der Waals surface area contributed by atoms with Crippen molar-refractivity contribution in [3.05, 3.63) is 30.4 Å². The Hall–Kier alpha value is -2.02. The van der Waals surface area contributed by atoms with Gasteiger partial charge in [-0.25, -0.2) is 18.7 Å². The van der Waals surface area contributed by atoms with Crippen LogP contribution in [0.25, 0.3) is 11.4 Å². The lowest BCUT2D eigenvalue weighted by molar-refractivity contribution is 0.134. The largest absolute Gasteiger partial charge is 0.490 e. The number of hydrogen-bond acceptors (Lipinski definition) is 4. The molecule has 132 valence electrons. The smallest absolute Gasteiger partial charge is 0.284 e. The predicted molar refractivity (Wildman–Crippen MR) is 88.9 cm³/mol. The highest BCUT2D eigenvalue weighted by Crippen LogP contribution is 2.31. The standard InChI is InChI=1S/C17H24F2N4O/c1-11(2)7-17(3,20)9-24-14-6-5-12(22-15(14)16(18)19)13-8-21-10-23(13)4/h5-6,8,10-11,16H,7,9,20H2,1-4H3/t17-/m0/s1. The van der Waals surface area contributed by atoms with Gasteiger partial charge in [0.15, 0.2) is 0 Å². The number of hydrogen-bond donors (Lipinski definition) is 1. The molecular weight excluding hydrogens is 314 g/mol. The second-order valence-electron chi connectivity index (χ2n) is 6.81. The number of nitrogens with zero attached hydrogens (tertiary/aromatic N) is 3. The van der Waals surface area contributed by atoms with Crippen LogP contribution in [-0.2, 0) is 7.05 Å². The van der Waals surface area contributed by atoms with Gasteiger partial charge < -0.3 is 15.0 Å². The second-order valence-corrected chi connectivity index (χ2v) is 6.81. The number of halogens is 2. The molecule has 0 spiro atoms. The second kappa shape index (κ2) is 7.25. The van der Waals surface area contributed by atoms with Crippen LogP contribution in [0.1, 0.15) is 39.3 Å². The third-order valence-corrected chi connectivity index (χ3v) is 3.60. The van der Waals surface area contributed by atoms with E-state index < -0.39 is 12.0 Å². The summed E-state index contributed by atoms with van der Waals surface area (Å²) >= 11 is 0. The molecule has 2 heterocycles. The predicted octanol–water partition coefficient (Wildman–Crippen LogP) is 3.56. The topological polar surface area (TPSA) is 66.0 Å². The zero-order valence-corrected chi connectivity index (χ0v) is 14.5. The summed E-state index contributed by atoms with van der Waals surface area (Å²) in [5, 5.41) is 0. The maximum absolute atomic E-state index is 13.4. The Kier molecular flexibility index (Phi) is 5.54. The van der Waals surface area contributed by atoms with E-state index in [2.05, 4.69) is 23.8 Å². The molecule has 0 fully saturated rings. The molecule has 0 aromatic carbocycles. The number of rotatable bonds is 7. The van der Waals surface area contributed by atoms with Crippen molar-refractivity contribution < 1.29 is 13.5 Å². The Morgan fingerprint density at radius 2 is 2.04 bits per heavy atom. The van der Waals surface area contributed by atoms with Crippen LogP contribution in [0.5, 0.6) is 5.75 Å². The number of ether oxygens (including phenoxy) is 1. The average molecular weight is 338 g/mol. The molecule has 0 aliphatic rings. The van der Waals surface area contributed by atoms with Crippen molar-refractivity contribution in [3.8, 4) is 17.1 Å². The molecule has 2 rings (SSSR count). The highest BCUT2D eigenvalue weighted by Gasteiger charge is 2.24. The minimum Gasteiger partial charge on any atom is -0.490 e. The van der Waals surface area contributed by atoms with E-state index in [9.17, 15) is 8.78 Å². The van der Waals surface area contributed by atoms with Gasteiger partial charge in [-0.15, -0.1) is 0 Å². The number of alkyl halides is 2. The molecule has 0 aliphatic carbocycles. The number of pyridine rings is 1. The maximum atomic E-state index is 13.4. The first-order valence-corrected chi connectivity index (χ1v) is 7.87. The van der Waals surface area contributed by atoms with Crippen LogP contribution in [0.2, 0.25) is 0 Å². The molecule has 0 unspecified atom stereocenters. The van der Waals surface area contributed by atoms with Crippen LogP contribution in [0.4, 0.5) is 8.78 Å². The van der Waals surface area contributed by atoms with E-state index in [1.807, 2.05) is 6.92 Å². The van der Waals surface area contributed by atoms with E-state index in [0.717, 1.165) is 6.42 Å². The van der Waals surface area contributed by atoms with Crippen LogP contribution < -0.4 is 10.5 Å². The highest BCUT2D eigenvalue weighted by molar-refractivity contribution is 5.55. The first-order valence-electron chi connectivity index (χ1n) is 7.87. The van der Waals surface area contributed by atoms with Crippen LogP contribution in [-0.4, -0.2) is 26.7 Å². The molecule has 0 radical (unpaired) electrons. The van der Waals surface area contributed by atoms with E-state index in [-0.39, 0.29) is 18.1 Å². The van der Waals surface area contributed by atoms with Crippen LogP contribution in [0, 0.1) is 5.92 Å². The minimum atomic E-state index is -2.73. The molecule has 5 nitrogen and oxygen atoms in total. The lowest BCUT2D eigenvalue weighted by Gasteiger charge is -2.27. The molecule has 2 aromatic rings.